The van der Waals surface area contributed by atoms with Crippen molar-refractivity contribution in [1.29, 1.82) is 0 Å². The minimum atomic E-state index is -1.11. The smallest absolute Gasteiger partial charge is 0.353 e. The number of nitrogens with zero attached hydrogens (tertiary/aromatic N) is 4. The quantitative estimate of drug-likeness (QED) is 0.527. The van der Waals surface area contributed by atoms with Crippen LogP contribution in [0.15, 0.2) is 10.6 Å². The number of carbonyl (C=O) groups is 3. The lowest BCUT2D eigenvalue weighted by molar-refractivity contribution is -0.163. The molecule has 4 heterocycles. The van der Waals surface area contributed by atoms with Gasteiger partial charge in [-0.3, -0.25) is 14.5 Å². The van der Waals surface area contributed by atoms with Crippen LogP contribution in [0.4, 0.5) is 0 Å². The summed E-state index contributed by atoms with van der Waals surface area (Å²) in [7, 11) is 4.01. The van der Waals surface area contributed by atoms with Crippen molar-refractivity contribution in [3.63, 3.8) is 0 Å². The normalized spacial score (nSPS) is 34.3. The molecule has 180 valence electrons. The number of hydrogen-bond acceptors (Lipinski definition) is 7. The van der Waals surface area contributed by atoms with Gasteiger partial charge < -0.3 is 24.9 Å². The molecule has 2 amide bonds. The number of thioether (sulfide) groups is 1. The molecule has 2 N–H and O–H groups in total. The Morgan fingerprint density at radius 1 is 1.16 bits per heavy atom. The molecule has 0 aromatic heterocycles. The summed E-state index contributed by atoms with van der Waals surface area (Å²) >= 11 is 1.50. The maximum Gasteiger partial charge on any atom is 0.353 e. The van der Waals surface area contributed by atoms with Crippen molar-refractivity contribution in [2.75, 3.05) is 46.8 Å². The Labute approximate surface area is 199 Å². The second-order valence-corrected chi connectivity index (χ2v) is 10.7. The van der Waals surface area contributed by atoms with Gasteiger partial charge in [-0.05, 0) is 27.4 Å². The molecular formula is C21H33ClN4O5S. The lowest BCUT2D eigenvalue weighted by atomic mass is 9.79. The fourth-order valence-corrected chi connectivity index (χ4v) is 7.02. The zero-order valence-corrected chi connectivity index (χ0v) is 20.6. The largest absolute Gasteiger partial charge is 0.477 e. The molecule has 0 aromatic rings. The number of hydrogen-bond donors (Lipinski definition) is 2. The highest BCUT2D eigenvalue weighted by atomic mass is 35.5. The van der Waals surface area contributed by atoms with Crippen LogP contribution in [0.25, 0.3) is 0 Å². The molecular weight excluding hydrogens is 456 g/mol. The van der Waals surface area contributed by atoms with Crippen LogP contribution in [0.5, 0.6) is 0 Å². The van der Waals surface area contributed by atoms with Crippen molar-refractivity contribution in [2.45, 2.75) is 43.7 Å². The fraction of sp³-hybridized carbons (Fsp3) is 0.762. The topological polar surface area (TPSA) is 105 Å². The zero-order valence-electron chi connectivity index (χ0n) is 18.9. The monoisotopic (exact) mass is 488 g/mol. The van der Waals surface area contributed by atoms with Crippen LogP contribution in [0.3, 0.4) is 0 Å². The minimum Gasteiger partial charge on any atom is -0.477 e. The van der Waals surface area contributed by atoms with Crippen LogP contribution < -0.4 is 0 Å². The first-order chi connectivity index (χ1) is 14.6. The van der Waals surface area contributed by atoms with E-state index < -0.39 is 18.0 Å². The Morgan fingerprint density at radius 2 is 1.78 bits per heavy atom. The summed E-state index contributed by atoms with van der Waals surface area (Å²) in [6.07, 6.45) is -0.146. The summed E-state index contributed by atoms with van der Waals surface area (Å²) in [6, 6.07) is -0.502. The van der Waals surface area contributed by atoms with E-state index in [1.54, 1.807) is 6.92 Å². The molecule has 3 saturated heterocycles. The number of aliphatic hydroxyl groups is 1. The summed E-state index contributed by atoms with van der Waals surface area (Å²) in [5, 5.41) is 19.9. The van der Waals surface area contributed by atoms with Gasteiger partial charge in [-0.25, -0.2) is 4.79 Å². The van der Waals surface area contributed by atoms with Gasteiger partial charge in [-0.2, -0.15) is 0 Å². The third-order valence-electron chi connectivity index (χ3n) is 7.21. The first-order valence-corrected chi connectivity index (χ1v) is 11.8. The van der Waals surface area contributed by atoms with Gasteiger partial charge in [0.1, 0.15) is 5.70 Å². The van der Waals surface area contributed by atoms with Crippen molar-refractivity contribution in [1.82, 2.24) is 19.6 Å². The number of aliphatic hydroxyl groups excluding tert-OH is 1. The van der Waals surface area contributed by atoms with E-state index in [9.17, 15) is 24.6 Å². The zero-order chi connectivity index (χ0) is 22.6. The Hall–Kier alpha value is -1.33. The number of β-lactam (4-membered cyclic amide) rings is 1. The van der Waals surface area contributed by atoms with Crippen LogP contribution in [-0.4, -0.2) is 118 Å². The Kier molecular flexibility index (Phi) is 7.51. The van der Waals surface area contributed by atoms with E-state index in [-0.39, 0.29) is 53.2 Å². The highest BCUT2D eigenvalue weighted by Gasteiger charge is 2.60. The number of rotatable bonds is 5. The second-order valence-electron chi connectivity index (χ2n) is 9.33. The van der Waals surface area contributed by atoms with E-state index in [1.807, 2.05) is 18.9 Å². The molecule has 11 heteroatoms. The first kappa shape index (κ1) is 25.3. The minimum absolute atomic E-state index is 0. The molecule has 32 heavy (non-hydrogen) atoms. The maximum absolute atomic E-state index is 13.1. The molecule has 4 aliphatic heterocycles. The van der Waals surface area contributed by atoms with Gasteiger partial charge in [0.15, 0.2) is 0 Å². The number of piperazine rings is 1. The molecule has 3 fully saturated rings. The van der Waals surface area contributed by atoms with E-state index in [1.165, 1.54) is 16.7 Å². The van der Waals surface area contributed by atoms with Gasteiger partial charge in [0.25, 0.3) is 0 Å². The van der Waals surface area contributed by atoms with Crippen molar-refractivity contribution >= 4 is 42.0 Å². The summed E-state index contributed by atoms with van der Waals surface area (Å²) in [6.45, 7) is 7.44. The van der Waals surface area contributed by atoms with Crippen LogP contribution in [0.1, 0.15) is 20.3 Å². The standard InChI is InChI=1S/C21H32N4O5S.ClH/c1-11-16-15(12(2)26)20(28)25(16)17(21(29)30)18(11)31-13-9-14(23(4)10-13)19(27)24-7-5-22(3)6-8-24;/h11-16,26H,5-10H2,1-4H3,(H,29,30);1H/t11-,12?,13+,14+,15-,16-;/m1./s1. The van der Waals surface area contributed by atoms with E-state index in [2.05, 4.69) is 16.8 Å². The Bertz CT molecular complexity index is 816. The molecule has 0 saturated carbocycles. The average molecular weight is 489 g/mol. The predicted octanol–water partition coefficient (Wildman–Crippen LogP) is 0.142. The SMILES string of the molecule is CC(O)[C@H]1C(=O)N2C(C(=O)O)=C(S[C@H]3C[C@@H](C(=O)N4CCN(C)CC4)N(C)C3)[C@H](C)[C@H]12.Cl. The molecule has 0 aliphatic carbocycles. The van der Waals surface area contributed by atoms with Crippen molar-refractivity contribution < 1.29 is 24.6 Å². The number of likely N-dealkylation sites (N-methyl/N-ethyl adjacent to an activating group) is 2. The van der Waals surface area contributed by atoms with Crippen LogP contribution in [-0.2, 0) is 14.4 Å². The Morgan fingerprint density at radius 3 is 2.34 bits per heavy atom. The van der Waals surface area contributed by atoms with Crippen LogP contribution in [0.2, 0.25) is 0 Å². The molecule has 9 nitrogen and oxygen atoms in total. The number of carboxylic acids is 1. The van der Waals surface area contributed by atoms with Gasteiger partial charge in [-0.15, -0.1) is 24.2 Å². The van der Waals surface area contributed by atoms with Crippen LogP contribution in [0, 0.1) is 11.8 Å². The molecule has 4 aliphatic rings. The van der Waals surface area contributed by atoms with Gasteiger partial charge in [0, 0.05) is 48.8 Å². The number of fused-ring (bicyclic) bond motifs is 1. The molecule has 0 radical (unpaired) electrons. The summed E-state index contributed by atoms with van der Waals surface area (Å²) in [5.74, 6) is -1.97. The van der Waals surface area contributed by atoms with E-state index in [0.717, 1.165) is 26.2 Å². The van der Waals surface area contributed by atoms with Crippen LogP contribution >= 0.6 is 24.2 Å². The van der Waals surface area contributed by atoms with E-state index in [4.69, 9.17) is 0 Å². The third-order valence-corrected chi connectivity index (χ3v) is 8.71. The van der Waals surface area contributed by atoms with Crippen molar-refractivity contribution in [3.05, 3.63) is 10.6 Å². The third kappa shape index (κ3) is 4.16. The molecule has 4 rings (SSSR count). The van der Waals surface area contributed by atoms with Crippen molar-refractivity contribution in [2.24, 2.45) is 11.8 Å². The molecule has 0 aromatic carbocycles. The predicted molar refractivity (Wildman–Crippen MR) is 123 cm³/mol. The highest BCUT2D eigenvalue weighted by molar-refractivity contribution is 8.03. The molecule has 0 spiro atoms. The summed E-state index contributed by atoms with van der Waals surface area (Å²) < 4.78 is 0. The number of aliphatic carboxylic acids is 1. The Balaban J connectivity index is 0.00000289. The molecule has 1 unspecified atom stereocenters. The van der Waals surface area contributed by atoms with Crippen molar-refractivity contribution in [3.8, 4) is 0 Å². The number of halogens is 1. The fourth-order valence-electron chi connectivity index (χ4n) is 5.42. The lowest BCUT2D eigenvalue weighted by Crippen LogP contribution is -2.63. The summed E-state index contributed by atoms with van der Waals surface area (Å²) in [4.78, 5) is 45.9. The molecule has 6 atom stereocenters. The number of carbonyl (C=O) groups excluding carboxylic acids is 2. The maximum atomic E-state index is 13.1. The number of likely N-dealkylation sites (tertiary alicyclic amines) is 1. The first-order valence-electron chi connectivity index (χ1n) is 10.9. The van der Waals surface area contributed by atoms with Gasteiger partial charge in [0.2, 0.25) is 11.8 Å². The molecule has 0 bridgehead atoms. The average Bonchev–Trinajstić information content (AvgIpc) is 3.18. The highest BCUT2D eigenvalue weighted by Crippen LogP contribution is 2.52. The lowest BCUT2D eigenvalue weighted by Gasteiger charge is -2.46. The summed E-state index contributed by atoms with van der Waals surface area (Å²) in [5.41, 5.74) is 0.0564. The van der Waals surface area contributed by atoms with E-state index in [0.29, 0.717) is 17.9 Å². The van der Waals surface area contributed by atoms with E-state index >= 15 is 0 Å². The second kappa shape index (κ2) is 9.50. The van der Waals surface area contributed by atoms with Gasteiger partial charge in [0.05, 0.1) is 24.1 Å². The van der Waals surface area contributed by atoms with Gasteiger partial charge in [-0.1, -0.05) is 6.92 Å². The number of amides is 2. The van der Waals surface area contributed by atoms with Gasteiger partial charge >= 0.3 is 5.97 Å². The number of carboxylic acid groups (broad SMARTS) is 1.